The van der Waals surface area contributed by atoms with Crippen molar-refractivity contribution in [1.29, 1.82) is 0 Å². The second kappa shape index (κ2) is 7.71. The normalized spacial score (nSPS) is 26.3. The highest BCUT2D eigenvalue weighted by molar-refractivity contribution is 6.11. The summed E-state index contributed by atoms with van der Waals surface area (Å²) in [4.78, 5) is 51.6. The lowest BCUT2D eigenvalue weighted by atomic mass is 9.85. The zero-order valence-corrected chi connectivity index (χ0v) is 17.1. The minimum Gasteiger partial charge on any atom is -0.324 e. The fourth-order valence-corrected chi connectivity index (χ4v) is 5.29. The summed E-state index contributed by atoms with van der Waals surface area (Å²) < 4.78 is 0. The number of rotatable bonds is 6. The first-order valence-corrected chi connectivity index (χ1v) is 10.6. The van der Waals surface area contributed by atoms with Gasteiger partial charge in [0.1, 0.15) is 6.04 Å². The molecule has 0 aromatic heterocycles. The Bertz CT molecular complexity index is 1120. The van der Waals surface area contributed by atoms with Crippen molar-refractivity contribution >= 4 is 29.1 Å². The number of nitro groups is 1. The first-order chi connectivity index (χ1) is 15.4. The number of allylic oxidation sites excluding steroid dienone is 2. The van der Waals surface area contributed by atoms with Crippen LogP contribution in [0.5, 0.6) is 0 Å². The van der Waals surface area contributed by atoms with Gasteiger partial charge in [-0.05, 0) is 29.9 Å². The number of nitro benzene ring substituents is 1. The van der Waals surface area contributed by atoms with Gasteiger partial charge in [-0.3, -0.25) is 29.4 Å². The average molecular weight is 431 g/mol. The Morgan fingerprint density at radius 2 is 1.69 bits per heavy atom. The third kappa shape index (κ3) is 3.28. The van der Waals surface area contributed by atoms with Crippen LogP contribution in [-0.2, 0) is 20.8 Å². The molecule has 0 unspecified atom stereocenters. The summed E-state index contributed by atoms with van der Waals surface area (Å²) in [6, 6.07) is 13.7. The molecule has 2 aliphatic carbocycles. The number of hydrogen-bond donors (Lipinski definition) is 1. The molecule has 2 aromatic rings. The van der Waals surface area contributed by atoms with Gasteiger partial charge >= 0.3 is 0 Å². The number of amides is 3. The summed E-state index contributed by atoms with van der Waals surface area (Å²) in [5, 5.41) is 13.8. The highest BCUT2D eigenvalue weighted by atomic mass is 16.6. The molecule has 5 atom stereocenters. The molecule has 0 spiro atoms. The van der Waals surface area contributed by atoms with Crippen molar-refractivity contribution in [2.24, 2.45) is 23.7 Å². The number of likely N-dealkylation sites (tertiary alicyclic amines) is 1. The topological polar surface area (TPSA) is 110 Å². The Morgan fingerprint density at radius 1 is 1.03 bits per heavy atom. The Labute approximate surface area is 184 Å². The van der Waals surface area contributed by atoms with E-state index in [9.17, 15) is 24.5 Å². The zero-order chi connectivity index (χ0) is 22.4. The molecule has 5 rings (SSSR count). The van der Waals surface area contributed by atoms with Gasteiger partial charge in [0.05, 0.1) is 16.8 Å². The van der Waals surface area contributed by atoms with Crippen molar-refractivity contribution in [1.82, 2.24) is 4.90 Å². The van der Waals surface area contributed by atoms with Gasteiger partial charge in [0.25, 0.3) is 5.69 Å². The van der Waals surface area contributed by atoms with E-state index in [4.69, 9.17) is 0 Å². The van der Waals surface area contributed by atoms with E-state index in [1.165, 1.54) is 24.3 Å². The van der Waals surface area contributed by atoms with E-state index < -0.39 is 28.7 Å². The third-order valence-electron chi connectivity index (χ3n) is 6.72. The van der Waals surface area contributed by atoms with Gasteiger partial charge in [0.2, 0.25) is 17.7 Å². The number of imide groups is 1. The lowest BCUT2D eigenvalue weighted by Crippen LogP contribution is -2.49. The highest BCUT2D eigenvalue weighted by Gasteiger charge is 2.61. The second-order valence-electron chi connectivity index (χ2n) is 8.55. The summed E-state index contributed by atoms with van der Waals surface area (Å²) in [7, 11) is 0. The van der Waals surface area contributed by atoms with Gasteiger partial charge in [-0.1, -0.05) is 48.6 Å². The maximum atomic E-state index is 13.3. The van der Waals surface area contributed by atoms with Gasteiger partial charge in [-0.15, -0.1) is 0 Å². The Kier molecular flexibility index (Phi) is 4.84. The van der Waals surface area contributed by atoms with Crippen molar-refractivity contribution in [3.63, 3.8) is 0 Å². The van der Waals surface area contributed by atoms with E-state index in [2.05, 4.69) is 5.32 Å². The predicted octanol–water partition coefficient (Wildman–Crippen LogP) is 2.95. The molecule has 3 aliphatic rings. The number of non-ortho nitro benzene ring substituents is 1. The lowest BCUT2D eigenvalue weighted by Gasteiger charge is -2.27. The van der Waals surface area contributed by atoms with Crippen molar-refractivity contribution in [3.05, 3.63) is 82.4 Å². The first kappa shape index (κ1) is 20.1. The molecule has 2 fully saturated rings. The summed E-state index contributed by atoms with van der Waals surface area (Å²) in [6.45, 7) is 0. The Balaban J connectivity index is 1.45. The van der Waals surface area contributed by atoms with Crippen molar-refractivity contribution in [2.75, 3.05) is 5.32 Å². The van der Waals surface area contributed by atoms with Crippen LogP contribution in [0.15, 0.2) is 66.7 Å². The molecule has 1 heterocycles. The molecule has 1 N–H and O–H groups in total. The van der Waals surface area contributed by atoms with E-state index in [0.717, 1.165) is 16.9 Å². The molecule has 0 radical (unpaired) electrons. The van der Waals surface area contributed by atoms with E-state index >= 15 is 0 Å². The molecular weight excluding hydrogens is 410 g/mol. The number of anilines is 1. The lowest BCUT2D eigenvalue weighted by molar-refractivity contribution is -0.384. The number of benzene rings is 2. The molecule has 1 saturated heterocycles. The molecule has 2 bridgehead atoms. The van der Waals surface area contributed by atoms with Gasteiger partial charge in [-0.2, -0.15) is 0 Å². The number of nitrogens with zero attached hydrogens (tertiary/aromatic N) is 2. The van der Waals surface area contributed by atoms with Crippen LogP contribution in [0.4, 0.5) is 11.4 Å². The van der Waals surface area contributed by atoms with Crippen molar-refractivity contribution < 1.29 is 19.3 Å². The molecule has 1 aliphatic heterocycles. The van der Waals surface area contributed by atoms with E-state index in [1.807, 2.05) is 42.5 Å². The van der Waals surface area contributed by atoms with Crippen molar-refractivity contribution in [3.8, 4) is 0 Å². The van der Waals surface area contributed by atoms with E-state index in [-0.39, 0.29) is 41.4 Å². The fraction of sp³-hybridized carbons (Fsp3) is 0.292. The standard InChI is InChI=1S/C24H21N3O5/c28-22(25-17-7-4-8-18(13-17)27(31)32)19(11-14-5-2-1-3-6-14)26-23(29)20-15-9-10-16(12-15)21(20)24(26)30/h1-10,13,15-16,19-21H,11-12H2,(H,25,28)/t15-,16-,19-,20-,21-/m0/s1. The molecule has 1 saturated carbocycles. The average Bonchev–Trinajstić information content (AvgIpc) is 3.47. The van der Waals surface area contributed by atoms with Crippen LogP contribution in [0.25, 0.3) is 0 Å². The summed E-state index contributed by atoms with van der Waals surface area (Å²) in [5.41, 5.74) is 0.890. The largest absolute Gasteiger partial charge is 0.324 e. The molecule has 8 nitrogen and oxygen atoms in total. The maximum absolute atomic E-state index is 13.3. The number of carbonyl (C=O) groups is 3. The number of nitrogens with one attached hydrogen (secondary N) is 1. The third-order valence-corrected chi connectivity index (χ3v) is 6.72. The Hall–Kier alpha value is -3.81. The number of hydrogen-bond acceptors (Lipinski definition) is 5. The van der Waals surface area contributed by atoms with Gasteiger partial charge < -0.3 is 5.32 Å². The van der Waals surface area contributed by atoms with E-state index in [0.29, 0.717) is 0 Å². The van der Waals surface area contributed by atoms with Crippen LogP contribution in [0.1, 0.15) is 12.0 Å². The fourth-order valence-electron chi connectivity index (χ4n) is 5.29. The van der Waals surface area contributed by atoms with Crippen LogP contribution >= 0.6 is 0 Å². The van der Waals surface area contributed by atoms with Crippen LogP contribution in [0.3, 0.4) is 0 Å². The van der Waals surface area contributed by atoms with Gasteiger partial charge in [0.15, 0.2) is 0 Å². The summed E-state index contributed by atoms with van der Waals surface area (Å²) in [5.74, 6) is -1.86. The monoisotopic (exact) mass is 431 g/mol. The van der Waals surface area contributed by atoms with Gasteiger partial charge in [0, 0.05) is 24.2 Å². The predicted molar refractivity (Wildman–Crippen MR) is 115 cm³/mol. The van der Waals surface area contributed by atoms with E-state index in [1.54, 1.807) is 0 Å². The van der Waals surface area contributed by atoms with Crippen LogP contribution < -0.4 is 5.32 Å². The zero-order valence-electron chi connectivity index (χ0n) is 17.1. The van der Waals surface area contributed by atoms with Crippen LogP contribution in [0.2, 0.25) is 0 Å². The van der Waals surface area contributed by atoms with Gasteiger partial charge in [-0.25, -0.2) is 0 Å². The molecular formula is C24H21N3O5. The van der Waals surface area contributed by atoms with Crippen LogP contribution in [0, 0.1) is 33.8 Å². The number of fused-ring (bicyclic) bond motifs is 5. The van der Waals surface area contributed by atoms with Crippen molar-refractivity contribution in [2.45, 2.75) is 18.9 Å². The SMILES string of the molecule is O=C(Nc1cccc([N+](=O)[O-])c1)[C@H](Cc1ccccc1)N1C(=O)[C@@H]2[C@@H](C1=O)[C@H]1C=C[C@H]2C1. The Morgan fingerprint density at radius 3 is 2.31 bits per heavy atom. The molecule has 8 heteroatoms. The highest BCUT2D eigenvalue weighted by Crippen LogP contribution is 2.53. The summed E-state index contributed by atoms with van der Waals surface area (Å²) in [6.07, 6.45) is 5.00. The quantitative estimate of drug-likeness (QED) is 0.327. The smallest absolute Gasteiger partial charge is 0.271 e. The molecule has 162 valence electrons. The van der Waals surface area contributed by atoms with Crippen LogP contribution in [-0.4, -0.2) is 33.6 Å². The molecule has 32 heavy (non-hydrogen) atoms. The first-order valence-electron chi connectivity index (χ1n) is 10.6. The molecule has 2 aromatic carbocycles. The minimum atomic E-state index is -1.04. The second-order valence-corrected chi connectivity index (χ2v) is 8.55. The minimum absolute atomic E-state index is 0.0451. The number of carbonyl (C=O) groups excluding carboxylic acids is 3. The maximum Gasteiger partial charge on any atom is 0.271 e. The molecule has 3 amide bonds. The summed E-state index contributed by atoms with van der Waals surface area (Å²) >= 11 is 0.